The van der Waals surface area contributed by atoms with Crippen LogP contribution >= 0.6 is 0 Å². The summed E-state index contributed by atoms with van der Waals surface area (Å²) in [7, 11) is 0. The van der Waals surface area contributed by atoms with Crippen LogP contribution in [0, 0.1) is 12.8 Å². The molecule has 5 nitrogen and oxygen atoms in total. The van der Waals surface area contributed by atoms with Gasteiger partial charge in [0.05, 0.1) is 0 Å². The first-order valence-electron chi connectivity index (χ1n) is 12.5. The number of piperazine rings is 1. The van der Waals surface area contributed by atoms with Crippen molar-refractivity contribution < 1.29 is 0 Å². The summed E-state index contributed by atoms with van der Waals surface area (Å²) in [5, 5.41) is 11.1. The zero-order chi connectivity index (χ0) is 24.0. The van der Waals surface area contributed by atoms with Gasteiger partial charge in [0.15, 0.2) is 0 Å². The van der Waals surface area contributed by atoms with Gasteiger partial charge < -0.3 is 9.80 Å². The molecule has 1 unspecified atom stereocenters. The SMILES string of the molecule is C=N/N=C(\C1CC=CC=C1CCc1ccnc(C)c1)N1CCN(c2ccc3ccccc3c2)CC1. The normalized spacial score (nSPS) is 18.6. The minimum atomic E-state index is 0.251. The molecule has 0 saturated carbocycles. The van der Waals surface area contributed by atoms with Crippen LogP contribution in [0.1, 0.15) is 24.1 Å². The molecule has 1 aliphatic heterocycles. The zero-order valence-electron chi connectivity index (χ0n) is 20.5. The first-order chi connectivity index (χ1) is 17.2. The van der Waals surface area contributed by atoms with Gasteiger partial charge in [0.1, 0.15) is 5.84 Å². The summed E-state index contributed by atoms with van der Waals surface area (Å²) in [5.74, 6) is 1.31. The van der Waals surface area contributed by atoms with Crippen molar-refractivity contribution in [1.82, 2.24) is 9.88 Å². The number of anilines is 1. The third-order valence-corrected chi connectivity index (χ3v) is 7.12. The summed E-state index contributed by atoms with van der Waals surface area (Å²) in [6, 6.07) is 19.6. The number of allylic oxidation sites excluding steroid dienone is 3. The molecule has 0 bridgehead atoms. The van der Waals surface area contributed by atoms with Crippen molar-refractivity contribution in [3.8, 4) is 0 Å². The Labute approximate surface area is 208 Å². The number of rotatable bonds is 6. The Balaban J connectivity index is 1.27. The molecule has 1 atom stereocenters. The van der Waals surface area contributed by atoms with Crippen LogP contribution in [0.2, 0.25) is 0 Å². The molecule has 2 aromatic carbocycles. The Hall–Kier alpha value is -3.73. The van der Waals surface area contributed by atoms with Crippen LogP contribution in [0.4, 0.5) is 5.69 Å². The van der Waals surface area contributed by atoms with Crippen molar-refractivity contribution in [2.24, 2.45) is 16.1 Å². The molecule has 178 valence electrons. The molecule has 0 N–H and O–H groups in total. The molecule has 1 fully saturated rings. The van der Waals surface area contributed by atoms with Gasteiger partial charge in [-0.1, -0.05) is 54.1 Å². The van der Waals surface area contributed by atoms with Crippen molar-refractivity contribution in [2.45, 2.75) is 26.2 Å². The lowest BCUT2D eigenvalue weighted by atomic mass is 9.86. The highest BCUT2D eigenvalue weighted by Gasteiger charge is 2.28. The molecule has 1 aromatic heterocycles. The van der Waals surface area contributed by atoms with Gasteiger partial charge in [0.2, 0.25) is 0 Å². The number of hydrogen-bond acceptors (Lipinski definition) is 4. The highest BCUT2D eigenvalue weighted by molar-refractivity contribution is 5.88. The van der Waals surface area contributed by atoms with Crippen LogP contribution in [0.5, 0.6) is 0 Å². The average molecular weight is 464 g/mol. The van der Waals surface area contributed by atoms with E-state index in [0.717, 1.165) is 57.0 Å². The lowest BCUT2D eigenvalue weighted by Crippen LogP contribution is -2.50. The van der Waals surface area contributed by atoms with Crippen molar-refractivity contribution in [2.75, 3.05) is 31.1 Å². The Kier molecular flexibility index (Phi) is 7.03. The fourth-order valence-electron chi connectivity index (χ4n) is 5.24. The van der Waals surface area contributed by atoms with Crippen LogP contribution in [0.15, 0.2) is 94.8 Å². The number of hydrogen-bond donors (Lipinski definition) is 0. The van der Waals surface area contributed by atoms with Crippen molar-refractivity contribution in [1.29, 1.82) is 0 Å². The standard InChI is InChI=1S/C30H33N5/c1-23-21-24(15-16-32-23)11-12-26-8-5-6-10-29(26)30(33-31-2)35-19-17-34(18-20-35)28-14-13-25-7-3-4-9-27(25)22-28/h3-9,13-16,21-22,29H,2,10-12,17-20H2,1H3/b33-30+. The molecule has 3 aromatic rings. The van der Waals surface area contributed by atoms with Crippen molar-refractivity contribution in [3.05, 3.63) is 95.9 Å². The smallest absolute Gasteiger partial charge is 0.135 e. The van der Waals surface area contributed by atoms with E-state index >= 15 is 0 Å². The highest BCUT2D eigenvalue weighted by atomic mass is 15.3. The number of nitrogens with zero attached hydrogens (tertiary/aromatic N) is 5. The van der Waals surface area contributed by atoms with Gasteiger partial charge in [-0.05, 0) is 66.8 Å². The minimum absolute atomic E-state index is 0.251. The fraction of sp³-hybridized carbons (Fsp3) is 0.300. The molecule has 0 radical (unpaired) electrons. The van der Waals surface area contributed by atoms with Crippen LogP contribution in [-0.2, 0) is 6.42 Å². The maximum atomic E-state index is 4.58. The summed E-state index contributed by atoms with van der Waals surface area (Å²) in [5.41, 5.74) is 5.11. The number of aromatic nitrogens is 1. The molecule has 2 heterocycles. The number of amidine groups is 1. The number of aryl methyl sites for hydroxylation is 2. The lowest BCUT2D eigenvalue weighted by Gasteiger charge is -2.40. The number of pyridine rings is 1. The van der Waals surface area contributed by atoms with E-state index in [1.54, 1.807) is 0 Å². The number of fused-ring (bicyclic) bond motifs is 1. The largest absolute Gasteiger partial charge is 0.368 e. The van der Waals surface area contributed by atoms with E-state index in [-0.39, 0.29) is 5.92 Å². The molecule has 35 heavy (non-hydrogen) atoms. The van der Waals surface area contributed by atoms with Crippen molar-refractivity contribution >= 4 is 29.0 Å². The van der Waals surface area contributed by atoms with Crippen LogP contribution in [-0.4, -0.2) is 48.6 Å². The van der Waals surface area contributed by atoms with E-state index < -0.39 is 0 Å². The van der Waals surface area contributed by atoms with E-state index in [0.29, 0.717) is 0 Å². The summed E-state index contributed by atoms with van der Waals surface area (Å²) < 4.78 is 0. The predicted octanol–water partition coefficient (Wildman–Crippen LogP) is 5.81. The third kappa shape index (κ3) is 5.35. The molecular formula is C30H33N5. The monoisotopic (exact) mass is 463 g/mol. The second-order valence-corrected chi connectivity index (χ2v) is 9.37. The van der Waals surface area contributed by atoms with Crippen LogP contribution in [0.25, 0.3) is 10.8 Å². The zero-order valence-corrected chi connectivity index (χ0v) is 20.5. The quantitative estimate of drug-likeness (QED) is 0.263. The maximum Gasteiger partial charge on any atom is 0.135 e. The summed E-state index contributed by atoms with van der Waals surface area (Å²) in [4.78, 5) is 9.23. The first-order valence-corrected chi connectivity index (χ1v) is 12.5. The van der Waals surface area contributed by atoms with Crippen molar-refractivity contribution in [3.63, 3.8) is 0 Å². The van der Waals surface area contributed by atoms with Gasteiger partial charge in [0, 0.05) is 56.4 Å². The third-order valence-electron chi connectivity index (χ3n) is 7.12. The van der Waals surface area contributed by atoms with Gasteiger partial charge in [-0.25, -0.2) is 0 Å². The Morgan fingerprint density at radius 2 is 1.83 bits per heavy atom. The van der Waals surface area contributed by atoms with E-state index in [2.05, 4.69) is 105 Å². The second kappa shape index (κ2) is 10.7. The Morgan fingerprint density at radius 3 is 2.63 bits per heavy atom. The lowest BCUT2D eigenvalue weighted by molar-refractivity contribution is 0.367. The van der Waals surface area contributed by atoms with Gasteiger partial charge in [-0.3, -0.25) is 4.98 Å². The predicted molar refractivity (Wildman–Crippen MR) is 147 cm³/mol. The molecule has 5 heteroatoms. The van der Waals surface area contributed by atoms with E-state index in [1.807, 2.05) is 13.1 Å². The van der Waals surface area contributed by atoms with E-state index in [4.69, 9.17) is 0 Å². The average Bonchev–Trinajstić information content (AvgIpc) is 2.91. The minimum Gasteiger partial charge on any atom is -0.368 e. The summed E-state index contributed by atoms with van der Waals surface area (Å²) in [6.07, 6.45) is 11.6. The molecular weight excluding hydrogens is 430 g/mol. The topological polar surface area (TPSA) is 44.1 Å². The Bertz CT molecular complexity index is 1280. The van der Waals surface area contributed by atoms with Crippen LogP contribution < -0.4 is 4.90 Å². The summed E-state index contributed by atoms with van der Waals surface area (Å²) in [6.45, 7) is 9.53. The fourth-order valence-corrected chi connectivity index (χ4v) is 5.24. The van der Waals surface area contributed by atoms with E-state index in [9.17, 15) is 0 Å². The molecule has 1 aliphatic carbocycles. The second-order valence-electron chi connectivity index (χ2n) is 9.37. The van der Waals surface area contributed by atoms with Gasteiger partial charge in [0.25, 0.3) is 0 Å². The molecule has 2 aliphatic rings. The maximum absolute atomic E-state index is 4.58. The number of benzene rings is 2. The van der Waals surface area contributed by atoms with Crippen LogP contribution in [0.3, 0.4) is 0 Å². The van der Waals surface area contributed by atoms with Gasteiger partial charge in [-0.15, -0.1) is 5.10 Å². The molecule has 5 rings (SSSR count). The van der Waals surface area contributed by atoms with E-state index in [1.165, 1.54) is 27.6 Å². The Morgan fingerprint density at radius 1 is 1.00 bits per heavy atom. The highest BCUT2D eigenvalue weighted by Crippen LogP contribution is 2.29. The molecule has 0 spiro atoms. The van der Waals surface area contributed by atoms with Gasteiger partial charge in [-0.2, -0.15) is 5.10 Å². The summed E-state index contributed by atoms with van der Waals surface area (Å²) >= 11 is 0. The van der Waals surface area contributed by atoms with Gasteiger partial charge >= 0.3 is 0 Å². The first kappa shape index (κ1) is 23.0. The molecule has 0 amide bonds. The molecule has 1 saturated heterocycles.